The normalized spacial score (nSPS) is 32.1. The van der Waals surface area contributed by atoms with E-state index in [4.69, 9.17) is 4.74 Å². The first-order valence-electron chi connectivity index (χ1n) is 7.72. The van der Waals surface area contributed by atoms with E-state index in [1.54, 1.807) is 11.8 Å². The summed E-state index contributed by atoms with van der Waals surface area (Å²) >= 11 is 1.72. The Morgan fingerprint density at radius 2 is 2.24 bits per heavy atom. The van der Waals surface area contributed by atoms with Crippen LogP contribution in [0, 0.1) is 11.3 Å². The average molecular weight is 302 g/mol. The number of aliphatic imine (C=N–C) groups is 1. The van der Waals surface area contributed by atoms with Crippen molar-refractivity contribution in [2.24, 2.45) is 16.3 Å². The van der Waals surface area contributed by atoms with Crippen LogP contribution in [-0.2, 0) is 6.42 Å². The van der Waals surface area contributed by atoms with Gasteiger partial charge in [0.05, 0.1) is 19.2 Å². The standard InChI is InChI=1S/C17H22N2OS/c1-17(2)14(15(17)12-9-18-16(19-12)21-3)11-5-4-6-13-10(11)7-8-20-13/h4-6,12,14-15H,7-9H2,1-3H3,(H,18,19)/t12?,14-,15-/m1/s1. The average Bonchev–Trinajstić information content (AvgIpc) is 2.92. The van der Waals surface area contributed by atoms with Crippen LogP contribution in [0.3, 0.4) is 0 Å². The molecular formula is C17H22N2OS. The Labute approximate surface area is 130 Å². The Kier molecular flexibility index (Phi) is 3.00. The molecule has 1 N–H and O–H groups in total. The maximum Gasteiger partial charge on any atom is 0.156 e. The van der Waals surface area contributed by atoms with Crippen molar-refractivity contribution in [3.8, 4) is 5.75 Å². The lowest BCUT2D eigenvalue weighted by atomic mass is 9.96. The number of nitrogens with zero attached hydrogens (tertiary/aromatic N) is 1. The Morgan fingerprint density at radius 1 is 1.38 bits per heavy atom. The highest BCUT2D eigenvalue weighted by Crippen LogP contribution is 2.67. The van der Waals surface area contributed by atoms with Gasteiger partial charge < -0.3 is 10.1 Å². The summed E-state index contributed by atoms with van der Waals surface area (Å²) in [6.45, 7) is 6.56. The molecule has 1 unspecified atom stereocenters. The van der Waals surface area contributed by atoms with E-state index in [2.05, 4.69) is 48.6 Å². The van der Waals surface area contributed by atoms with E-state index in [1.807, 2.05) is 0 Å². The molecular weight excluding hydrogens is 280 g/mol. The van der Waals surface area contributed by atoms with Gasteiger partial charge >= 0.3 is 0 Å². The van der Waals surface area contributed by atoms with Gasteiger partial charge in [-0.25, -0.2) is 0 Å². The van der Waals surface area contributed by atoms with Gasteiger partial charge in [0.25, 0.3) is 0 Å². The number of fused-ring (bicyclic) bond motifs is 1. The van der Waals surface area contributed by atoms with Crippen molar-refractivity contribution in [3.05, 3.63) is 29.3 Å². The van der Waals surface area contributed by atoms with E-state index < -0.39 is 0 Å². The summed E-state index contributed by atoms with van der Waals surface area (Å²) in [6.07, 6.45) is 3.15. The molecule has 1 aromatic carbocycles. The van der Waals surface area contributed by atoms with E-state index >= 15 is 0 Å². The molecule has 2 heterocycles. The fourth-order valence-electron chi connectivity index (χ4n) is 4.32. The number of nitrogens with one attached hydrogen (secondary N) is 1. The zero-order valence-electron chi connectivity index (χ0n) is 12.8. The van der Waals surface area contributed by atoms with Crippen LogP contribution < -0.4 is 10.1 Å². The van der Waals surface area contributed by atoms with Gasteiger partial charge in [-0.05, 0) is 35.1 Å². The molecule has 0 radical (unpaired) electrons. The molecule has 1 fully saturated rings. The molecule has 3 nitrogen and oxygen atoms in total. The van der Waals surface area contributed by atoms with Crippen LogP contribution in [0.2, 0.25) is 0 Å². The van der Waals surface area contributed by atoms with Crippen molar-refractivity contribution in [1.29, 1.82) is 0 Å². The number of ether oxygens (including phenoxy) is 1. The van der Waals surface area contributed by atoms with E-state index in [-0.39, 0.29) is 0 Å². The lowest BCUT2D eigenvalue weighted by Crippen LogP contribution is -2.32. The first-order chi connectivity index (χ1) is 10.1. The summed E-state index contributed by atoms with van der Waals surface area (Å²) in [4.78, 5) is 4.61. The molecule has 3 aliphatic rings. The summed E-state index contributed by atoms with van der Waals surface area (Å²) in [5, 5.41) is 4.71. The van der Waals surface area contributed by atoms with Crippen LogP contribution in [-0.4, -0.2) is 30.6 Å². The van der Waals surface area contributed by atoms with Gasteiger partial charge in [0.1, 0.15) is 5.75 Å². The maximum atomic E-state index is 5.74. The van der Waals surface area contributed by atoms with Crippen LogP contribution in [0.5, 0.6) is 5.75 Å². The number of amidine groups is 1. The lowest BCUT2D eigenvalue weighted by molar-refractivity contribution is 0.357. The molecule has 0 spiro atoms. The van der Waals surface area contributed by atoms with Crippen LogP contribution in [0.4, 0.5) is 0 Å². The SMILES string of the molecule is CSC1=NCC([C@@H]2[C@@H](c3cccc4c3CCO4)C2(C)C)N1. The molecule has 21 heavy (non-hydrogen) atoms. The summed E-state index contributed by atoms with van der Waals surface area (Å²) < 4.78 is 5.74. The second-order valence-corrected chi connectivity index (χ2v) is 7.64. The molecule has 4 heteroatoms. The Hall–Kier alpha value is -1.16. The van der Waals surface area contributed by atoms with E-state index in [1.165, 1.54) is 11.1 Å². The zero-order chi connectivity index (χ0) is 14.6. The van der Waals surface area contributed by atoms with Gasteiger partial charge in [0.2, 0.25) is 0 Å². The van der Waals surface area contributed by atoms with Crippen molar-refractivity contribution < 1.29 is 4.74 Å². The third kappa shape index (κ3) is 1.99. The maximum absolute atomic E-state index is 5.74. The Balaban J connectivity index is 1.61. The molecule has 2 aliphatic heterocycles. The number of rotatable bonds is 2. The topological polar surface area (TPSA) is 33.6 Å². The molecule has 1 aromatic rings. The third-order valence-electron chi connectivity index (χ3n) is 5.39. The predicted molar refractivity (Wildman–Crippen MR) is 88.4 cm³/mol. The fourth-order valence-corrected chi connectivity index (χ4v) is 4.79. The zero-order valence-corrected chi connectivity index (χ0v) is 13.7. The van der Waals surface area contributed by atoms with Gasteiger partial charge in [-0.15, -0.1) is 0 Å². The third-order valence-corrected chi connectivity index (χ3v) is 6.03. The molecule has 112 valence electrons. The second kappa shape index (κ2) is 4.67. The summed E-state index contributed by atoms with van der Waals surface area (Å²) in [6, 6.07) is 7.06. The van der Waals surface area contributed by atoms with Gasteiger partial charge in [0, 0.05) is 12.0 Å². The first kappa shape index (κ1) is 13.5. The summed E-state index contributed by atoms with van der Waals surface area (Å²) in [7, 11) is 0. The molecule has 1 aliphatic carbocycles. The fraction of sp³-hybridized carbons (Fsp3) is 0.588. The van der Waals surface area contributed by atoms with Crippen molar-refractivity contribution in [3.63, 3.8) is 0 Å². The quantitative estimate of drug-likeness (QED) is 0.911. The molecule has 1 saturated carbocycles. The van der Waals surface area contributed by atoms with E-state index in [0.717, 1.165) is 30.5 Å². The highest BCUT2D eigenvalue weighted by molar-refractivity contribution is 8.13. The van der Waals surface area contributed by atoms with Gasteiger partial charge in [-0.1, -0.05) is 37.7 Å². The summed E-state index contributed by atoms with van der Waals surface area (Å²) in [5.74, 6) is 2.40. The van der Waals surface area contributed by atoms with Crippen molar-refractivity contribution in [2.75, 3.05) is 19.4 Å². The van der Waals surface area contributed by atoms with Crippen LogP contribution in [0.1, 0.15) is 30.9 Å². The highest BCUT2D eigenvalue weighted by atomic mass is 32.2. The highest BCUT2D eigenvalue weighted by Gasteiger charge is 2.62. The number of benzene rings is 1. The number of thioether (sulfide) groups is 1. The molecule has 4 rings (SSSR count). The Bertz CT molecular complexity index is 611. The smallest absolute Gasteiger partial charge is 0.156 e. The minimum absolute atomic E-state index is 0.346. The largest absolute Gasteiger partial charge is 0.493 e. The first-order valence-corrected chi connectivity index (χ1v) is 8.95. The summed E-state index contributed by atoms with van der Waals surface area (Å²) in [5.41, 5.74) is 3.31. The van der Waals surface area contributed by atoms with E-state index in [9.17, 15) is 0 Å². The van der Waals surface area contributed by atoms with Crippen LogP contribution in [0.25, 0.3) is 0 Å². The van der Waals surface area contributed by atoms with Crippen LogP contribution >= 0.6 is 11.8 Å². The number of hydrogen-bond donors (Lipinski definition) is 1. The van der Waals surface area contributed by atoms with Gasteiger partial charge in [-0.3, -0.25) is 4.99 Å². The molecule has 0 saturated heterocycles. The number of hydrogen-bond acceptors (Lipinski definition) is 4. The predicted octanol–water partition coefficient (Wildman–Crippen LogP) is 3.05. The van der Waals surface area contributed by atoms with Crippen molar-refractivity contribution in [2.45, 2.75) is 32.2 Å². The molecule has 3 atom stereocenters. The second-order valence-electron chi connectivity index (χ2n) is 6.85. The van der Waals surface area contributed by atoms with E-state index in [0.29, 0.717) is 23.3 Å². The van der Waals surface area contributed by atoms with Gasteiger partial charge in [0.15, 0.2) is 5.17 Å². The van der Waals surface area contributed by atoms with Crippen molar-refractivity contribution >= 4 is 16.9 Å². The monoisotopic (exact) mass is 302 g/mol. The van der Waals surface area contributed by atoms with Crippen LogP contribution in [0.15, 0.2) is 23.2 Å². The molecule has 0 bridgehead atoms. The molecule has 0 aromatic heterocycles. The minimum atomic E-state index is 0.346. The minimum Gasteiger partial charge on any atom is -0.493 e. The Morgan fingerprint density at radius 3 is 3.00 bits per heavy atom. The van der Waals surface area contributed by atoms with Gasteiger partial charge in [-0.2, -0.15) is 0 Å². The van der Waals surface area contributed by atoms with Crippen molar-refractivity contribution in [1.82, 2.24) is 5.32 Å². The molecule has 0 amide bonds. The lowest BCUT2D eigenvalue weighted by Gasteiger charge is -2.12.